The summed E-state index contributed by atoms with van der Waals surface area (Å²) in [6, 6.07) is 4.31. The van der Waals surface area contributed by atoms with E-state index in [4.69, 9.17) is 0 Å². The van der Waals surface area contributed by atoms with E-state index in [-0.39, 0.29) is 22.5 Å². The number of benzene rings is 1. The summed E-state index contributed by atoms with van der Waals surface area (Å²) >= 11 is 0. The lowest BCUT2D eigenvalue weighted by atomic mass is 10.0. The summed E-state index contributed by atoms with van der Waals surface area (Å²) in [6.45, 7) is 0.878. The number of hydrogen-bond donors (Lipinski definition) is 2. The fraction of sp³-hybridized carbons (Fsp3) is 0.467. The Morgan fingerprint density at radius 2 is 2.13 bits per heavy atom. The van der Waals surface area contributed by atoms with Gasteiger partial charge in [-0.1, -0.05) is 6.42 Å². The molecule has 1 atom stereocenters. The highest BCUT2D eigenvalue weighted by Gasteiger charge is 2.30. The number of likely N-dealkylation sites (N-methyl/N-ethyl adjacent to an activating group) is 1. The average molecular weight is 337 g/mol. The van der Waals surface area contributed by atoms with Crippen LogP contribution in [0, 0.1) is 0 Å². The number of sulfone groups is 1. The highest BCUT2D eigenvalue weighted by atomic mass is 32.2. The summed E-state index contributed by atoms with van der Waals surface area (Å²) in [6.07, 6.45) is 2.88. The van der Waals surface area contributed by atoms with Gasteiger partial charge in [0.15, 0.2) is 9.84 Å². The molecule has 23 heavy (non-hydrogen) atoms. The standard InChI is InChI=1S/C15H19N3O4S/c1-18-7-3-2-4-12(18)15(20)16-10-5-6-11-13(8-10)23(21,22)9-14(19)17-11/h5-6,8,12H,2-4,7,9H2,1H3,(H,16,20)(H,17,19). The Morgan fingerprint density at radius 3 is 2.87 bits per heavy atom. The van der Waals surface area contributed by atoms with E-state index in [2.05, 4.69) is 10.6 Å². The number of hydrogen-bond acceptors (Lipinski definition) is 5. The van der Waals surface area contributed by atoms with Gasteiger partial charge in [0.25, 0.3) is 0 Å². The van der Waals surface area contributed by atoms with Crippen molar-refractivity contribution >= 4 is 33.0 Å². The van der Waals surface area contributed by atoms with Crippen LogP contribution in [-0.2, 0) is 19.4 Å². The molecule has 8 heteroatoms. The first-order valence-corrected chi connectivity index (χ1v) is 9.20. The molecule has 2 aliphatic heterocycles. The number of likely N-dealkylation sites (tertiary alicyclic amines) is 1. The minimum absolute atomic E-state index is 0.0481. The number of fused-ring (bicyclic) bond motifs is 1. The summed E-state index contributed by atoms with van der Waals surface area (Å²) in [5, 5.41) is 5.31. The van der Waals surface area contributed by atoms with Gasteiger partial charge in [0.05, 0.1) is 16.6 Å². The smallest absolute Gasteiger partial charge is 0.241 e. The first-order valence-electron chi connectivity index (χ1n) is 7.54. The SMILES string of the molecule is CN1CCCCC1C(=O)Nc1ccc2c(c1)S(=O)(=O)CC(=O)N2. The van der Waals surface area contributed by atoms with E-state index in [9.17, 15) is 18.0 Å². The van der Waals surface area contributed by atoms with E-state index in [1.54, 1.807) is 6.07 Å². The lowest BCUT2D eigenvalue weighted by Gasteiger charge is -2.31. The molecular formula is C15H19N3O4S. The zero-order valence-electron chi connectivity index (χ0n) is 12.8. The molecule has 7 nitrogen and oxygen atoms in total. The van der Waals surface area contributed by atoms with Crippen molar-refractivity contribution in [3.8, 4) is 0 Å². The monoisotopic (exact) mass is 337 g/mol. The largest absolute Gasteiger partial charge is 0.325 e. The number of carbonyl (C=O) groups excluding carboxylic acids is 2. The Hall–Kier alpha value is -1.93. The van der Waals surface area contributed by atoms with Gasteiger partial charge in [-0.3, -0.25) is 14.5 Å². The molecule has 2 heterocycles. The molecular weight excluding hydrogens is 318 g/mol. The molecule has 0 spiro atoms. The number of nitrogens with zero attached hydrogens (tertiary/aromatic N) is 1. The van der Waals surface area contributed by atoms with Gasteiger partial charge in [0.2, 0.25) is 11.8 Å². The van der Waals surface area contributed by atoms with Gasteiger partial charge in [0.1, 0.15) is 5.75 Å². The summed E-state index contributed by atoms with van der Waals surface area (Å²) in [4.78, 5) is 25.8. The fourth-order valence-electron chi connectivity index (χ4n) is 3.03. The van der Waals surface area contributed by atoms with Crippen molar-refractivity contribution < 1.29 is 18.0 Å². The molecule has 3 rings (SSSR count). The van der Waals surface area contributed by atoms with Crippen LogP contribution in [0.2, 0.25) is 0 Å². The summed E-state index contributed by atoms with van der Waals surface area (Å²) in [5.74, 6) is -1.24. The number of rotatable bonds is 2. The highest BCUT2D eigenvalue weighted by molar-refractivity contribution is 7.92. The molecule has 1 unspecified atom stereocenters. The molecule has 1 aromatic carbocycles. The van der Waals surface area contributed by atoms with Crippen molar-refractivity contribution in [2.45, 2.75) is 30.2 Å². The van der Waals surface area contributed by atoms with Crippen LogP contribution in [0.25, 0.3) is 0 Å². The maximum atomic E-state index is 12.4. The molecule has 2 aliphatic rings. The van der Waals surface area contributed by atoms with Crippen molar-refractivity contribution in [1.29, 1.82) is 0 Å². The van der Waals surface area contributed by atoms with E-state index in [0.29, 0.717) is 5.69 Å². The molecule has 0 saturated carbocycles. The predicted octanol–water partition coefficient (Wildman–Crippen LogP) is 0.835. The zero-order chi connectivity index (χ0) is 16.6. The Morgan fingerprint density at radius 1 is 1.35 bits per heavy atom. The topological polar surface area (TPSA) is 95.6 Å². The van der Waals surface area contributed by atoms with Gasteiger partial charge >= 0.3 is 0 Å². The van der Waals surface area contributed by atoms with Gasteiger partial charge in [-0.05, 0) is 44.6 Å². The molecule has 2 amide bonds. The van der Waals surface area contributed by atoms with Crippen molar-refractivity contribution in [3.63, 3.8) is 0 Å². The molecule has 1 aromatic rings. The number of piperidine rings is 1. The predicted molar refractivity (Wildman–Crippen MR) is 86.0 cm³/mol. The summed E-state index contributed by atoms with van der Waals surface area (Å²) in [5.41, 5.74) is 0.682. The van der Waals surface area contributed by atoms with E-state index >= 15 is 0 Å². The van der Waals surface area contributed by atoms with Crippen LogP contribution in [0.15, 0.2) is 23.1 Å². The fourth-order valence-corrected chi connectivity index (χ4v) is 4.36. The Kier molecular flexibility index (Phi) is 4.11. The Balaban J connectivity index is 1.82. The number of nitrogens with one attached hydrogen (secondary N) is 2. The zero-order valence-corrected chi connectivity index (χ0v) is 13.6. The van der Waals surface area contributed by atoms with Crippen LogP contribution in [0.1, 0.15) is 19.3 Å². The summed E-state index contributed by atoms with van der Waals surface area (Å²) in [7, 11) is -1.75. The van der Waals surface area contributed by atoms with Crippen LogP contribution < -0.4 is 10.6 Å². The van der Waals surface area contributed by atoms with Crippen molar-refractivity contribution in [1.82, 2.24) is 4.90 Å². The third-order valence-corrected chi connectivity index (χ3v) is 5.90. The maximum absolute atomic E-state index is 12.4. The van der Waals surface area contributed by atoms with Crippen LogP contribution in [0.5, 0.6) is 0 Å². The second-order valence-corrected chi connectivity index (χ2v) is 7.96. The Labute approximate surface area is 135 Å². The van der Waals surface area contributed by atoms with E-state index < -0.39 is 21.5 Å². The van der Waals surface area contributed by atoms with Gasteiger partial charge in [-0.2, -0.15) is 0 Å². The van der Waals surface area contributed by atoms with Crippen molar-refractivity contribution in [2.75, 3.05) is 30.0 Å². The molecule has 2 N–H and O–H groups in total. The molecule has 1 saturated heterocycles. The minimum Gasteiger partial charge on any atom is -0.325 e. The van der Waals surface area contributed by atoms with Crippen molar-refractivity contribution in [3.05, 3.63) is 18.2 Å². The lowest BCUT2D eigenvalue weighted by Crippen LogP contribution is -2.44. The molecule has 0 radical (unpaired) electrons. The Bertz CT molecular complexity index is 760. The number of amides is 2. The van der Waals surface area contributed by atoms with E-state index in [0.717, 1.165) is 25.8 Å². The molecule has 0 bridgehead atoms. The number of anilines is 2. The quantitative estimate of drug-likeness (QED) is 0.833. The van der Waals surface area contributed by atoms with Crippen LogP contribution in [0.3, 0.4) is 0 Å². The lowest BCUT2D eigenvalue weighted by molar-refractivity contribution is -0.121. The molecule has 0 aromatic heterocycles. The first kappa shape index (κ1) is 15.9. The second kappa shape index (κ2) is 5.93. The van der Waals surface area contributed by atoms with Crippen LogP contribution >= 0.6 is 0 Å². The minimum atomic E-state index is -3.66. The van der Waals surface area contributed by atoms with Gasteiger partial charge in [0, 0.05) is 5.69 Å². The highest BCUT2D eigenvalue weighted by Crippen LogP contribution is 2.29. The van der Waals surface area contributed by atoms with E-state index in [1.165, 1.54) is 12.1 Å². The van der Waals surface area contributed by atoms with Crippen LogP contribution in [0.4, 0.5) is 11.4 Å². The average Bonchev–Trinajstić information content (AvgIpc) is 2.47. The van der Waals surface area contributed by atoms with Gasteiger partial charge in [-0.25, -0.2) is 8.42 Å². The van der Waals surface area contributed by atoms with Gasteiger partial charge in [-0.15, -0.1) is 0 Å². The first-order chi connectivity index (χ1) is 10.9. The van der Waals surface area contributed by atoms with E-state index in [1.807, 2.05) is 11.9 Å². The number of carbonyl (C=O) groups is 2. The third kappa shape index (κ3) is 3.23. The second-order valence-electron chi connectivity index (χ2n) is 6.00. The van der Waals surface area contributed by atoms with Crippen LogP contribution in [-0.4, -0.2) is 50.5 Å². The van der Waals surface area contributed by atoms with Gasteiger partial charge < -0.3 is 10.6 Å². The summed E-state index contributed by atoms with van der Waals surface area (Å²) < 4.78 is 24.2. The molecule has 124 valence electrons. The normalized spacial score (nSPS) is 23.7. The molecule has 0 aliphatic carbocycles. The van der Waals surface area contributed by atoms with Crippen molar-refractivity contribution in [2.24, 2.45) is 0 Å². The molecule has 1 fully saturated rings. The maximum Gasteiger partial charge on any atom is 0.241 e. The third-order valence-electron chi connectivity index (χ3n) is 4.25.